The lowest BCUT2D eigenvalue weighted by molar-refractivity contribution is 0.186. The Hall–Kier alpha value is -2.24. The average Bonchev–Trinajstić information content (AvgIpc) is 2.71. The highest BCUT2D eigenvalue weighted by molar-refractivity contribution is 6.30. The molecule has 29 heavy (non-hydrogen) atoms. The molecule has 2 aromatic rings. The second-order valence-electron chi connectivity index (χ2n) is 7.75. The maximum absolute atomic E-state index is 12.4. The molecule has 0 saturated carbocycles. The van der Waals surface area contributed by atoms with Crippen molar-refractivity contribution in [2.75, 3.05) is 20.2 Å². The Kier molecular flexibility index (Phi) is 7.78. The topological polar surface area (TPSA) is 53.6 Å². The van der Waals surface area contributed by atoms with Crippen LogP contribution >= 0.6 is 11.6 Å². The molecule has 2 amide bonds. The summed E-state index contributed by atoms with van der Waals surface area (Å²) in [6, 6.07) is 16.1. The molecule has 0 bridgehead atoms. The first kappa shape index (κ1) is 21.5. The largest absolute Gasteiger partial charge is 0.497 e. The number of carbonyl (C=O) groups excluding carboxylic acids is 1. The number of carbonyl (C=O) groups is 1. The molecule has 1 heterocycles. The van der Waals surface area contributed by atoms with Crippen molar-refractivity contribution in [3.8, 4) is 5.75 Å². The second-order valence-corrected chi connectivity index (χ2v) is 8.19. The van der Waals surface area contributed by atoms with Crippen LogP contribution in [0.1, 0.15) is 30.9 Å². The van der Waals surface area contributed by atoms with Crippen LogP contribution < -0.4 is 15.4 Å². The highest BCUT2D eigenvalue weighted by Gasteiger charge is 2.21. The fourth-order valence-electron chi connectivity index (χ4n) is 3.74. The summed E-state index contributed by atoms with van der Waals surface area (Å²) < 4.78 is 5.26. The number of rotatable bonds is 7. The predicted octanol–water partition coefficient (Wildman–Crippen LogP) is 4.24. The van der Waals surface area contributed by atoms with Crippen LogP contribution in [0.4, 0.5) is 4.79 Å². The molecule has 0 aromatic heterocycles. The van der Waals surface area contributed by atoms with Crippen LogP contribution in [0.15, 0.2) is 48.5 Å². The van der Waals surface area contributed by atoms with Gasteiger partial charge in [0.2, 0.25) is 0 Å². The number of halogens is 1. The monoisotopic (exact) mass is 415 g/mol. The molecule has 1 unspecified atom stereocenters. The van der Waals surface area contributed by atoms with E-state index in [2.05, 4.69) is 33.7 Å². The number of ether oxygens (including phenoxy) is 1. The van der Waals surface area contributed by atoms with Gasteiger partial charge in [0.05, 0.1) is 7.11 Å². The Morgan fingerprint density at radius 1 is 1.17 bits per heavy atom. The van der Waals surface area contributed by atoms with Crippen molar-refractivity contribution in [1.82, 2.24) is 15.5 Å². The van der Waals surface area contributed by atoms with Crippen molar-refractivity contribution in [3.63, 3.8) is 0 Å². The number of benzene rings is 2. The zero-order valence-electron chi connectivity index (χ0n) is 17.2. The van der Waals surface area contributed by atoms with Crippen molar-refractivity contribution in [1.29, 1.82) is 0 Å². The molecule has 5 nitrogen and oxygen atoms in total. The summed E-state index contributed by atoms with van der Waals surface area (Å²) in [5, 5.41) is 6.95. The molecule has 1 aliphatic rings. The maximum atomic E-state index is 12.4. The van der Waals surface area contributed by atoms with E-state index >= 15 is 0 Å². The molecule has 1 saturated heterocycles. The summed E-state index contributed by atoms with van der Waals surface area (Å²) in [7, 11) is 1.66. The van der Waals surface area contributed by atoms with Gasteiger partial charge < -0.3 is 15.4 Å². The van der Waals surface area contributed by atoms with E-state index < -0.39 is 0 Å². The number of hydrogen-bond acceptors (Lipinski definition) is 3. The fourth-order valence-corrected chi connectivity index (χ4v) is 3.86. The highest BCUT2D eigenvalue weighted by atomic mass is 35.5. The molecule has 0 aliphatic carbocycles. The molecule has 2 N–H and O–H groups in total. The summed E-state index contributed by atoms with van der Waals surface area (Å²) in [6.45, 7) is 4.90. The van der Waals surface area contributed by atoms with Crippen molar-refractivity contribution in [2.45, 2.75) is 44.8 Å². The maximum Gasteiger partial charge on any atom is 0.315 e. The lowest BCUT2D eigenvalue weighted by atomic mass is 10.0. The highest BCUT2D eigenvalue weighted by Crippen LogP contribution is 2.16. The van der Waals surface area contributed by atoms with Crippen molar-refractivity contribution < 1.29 is 9.53 Å². The zero-order chi connectivity index (χ0) is 20.6. The van der Waals surface area contributed by atoms with E-state index in [9.17, 15) is 4.79 Å². The Morgan fingerprint density at radius 2 is 1.90 bits per heavy atom. The van der Waals surface area contributed by atoms with Crippen molar-refractivity contribution in [2.24, 2.45) is 0 Å². The Morgan fingerprint density at radius 3 is 2.59 bits per heavy atom. The Bertz CT molecular complexity index is 789. The van der Waals surface area contributed by atoms with Gasteiger partial charge in [0.1, 0.15) is 5.75 Å². The number of nitrogens with one attached hydrogen (secondary N) is 2. The third-order valence-corrected chi connectivity index (χ3v) is 5.55. The smallest absolute Gasteiger partial charge is 0.315 e. The van der Waals surface area contributed by atoms with E-state index in [0.29, 0.717) is 0 Å². The first-order valence-electron chi connectivity index (χ1n) is 10.2. The number of hydrogen-bond donors (Lipinski definition) is 2. The van der Waals surface area contributed by atoms with E-state index in [4.69, 9.17) is 16.3 Å². The van der Waals surface area contributed by atoms with Crippen molar-refractivity contribution >= 4 is 17.6 Å². The van der Waals surface area contributed by atoms with E-state index in [1.54, 1.807) is 7.11 Å². The molecule has 0 spiro atoms. The number of nitrogens with zero attached hydrogens (tertiary/aromatic N) is 1. The van der Waals surface area contributed by atoms with E-state index in [1.165, 1.54) is 5.56 Å². The van der Waals surface area contributed by atoms with Crippen LogP contribution in [0.25, 0.3) is 0 Å². The number of likely N-dealkylation sites (tertiary alicyclic amines) is 1. The Labute approximate surface area is 178 Å². The van der Waals surface area contributed by atoms with Crippen LogP contribution in [0, 0.1) is 0 Å². The molecular formula is C23H30ClN3O2. The number of methoxy groups -OCH3 is 1. The molecule has 1 fully saturated rings. The fraction of sp³-hybridized carbons (Fsp3) is 0.435. The van der Waals surface area contributed by atoms with Crippen LogP contribution in [-0.2, 0) is 13.0 Å². The van der Waals surface area contributed by atoms with Gasteiger partial charge in [-0.05, 0) is 61.6 Å². The second kappa shape index (κ2) is 10.5. The summed E-state index contributed by atoms with van der Waals surface area (Å²) in [5.41, 5.74) is 2.41. The van der Waals surface area contributed by atoms with Crippen LogP contribution in [0.5, 0.6) is 5.75 Å². The Balaban J connectivity index is 1.38. The van der Waals surface area contributed by atoms with Gasteiger partial charge in [-0.2, -0.15) is 0 Å². The van der Waals surface area contributed by atoms with Gasteiger partial charge in [-0.3, -0.25) is 4.90 Å². The summed E-state index contributed by atoms with van der Waals surface area (Å²) in [5.74, 6) is 0.838. The third-order valence-electron chi connectivity index (χ3n) is 5.30. The molecular weight excluding hydrogens is 386 g/mol. The van der Waals surface area contributed by atoms with E-state index in [0.717, 1.165) is 55.2 Å². The van der Waals surface area contributed by atoms with Crippen LogP contribution in [0.2, 0.25) is 5.02 Å². The van der Waals surface area contributed by atoms with Gasteiger partial charge in [0.15, 0.2) is 0 Å². The average molecular weight is 416 g/mol. The van der Waals surface area contributed by atoms with E-state index in [-0.39, 0.29) is 18.1 Å². The first-order chi connectivity index (χ1) is 14.0. The zero-order valence-corrected chi connectivity index (χ0v) is 17.9. The van der Waals surface area contributed by atoms with Gasteiger partial charge in [0.25, 0.3) is 0 Å². The molecule has 1 aliphatic heterocycles. The molecule has 156 valence electrons. The van der Waals surface area contributed by atoms with Crippen molar-refractivity contribution in [3.05, 3.63) is 64.7 Å². The predicted molar refractivity (Wildman–Crippen MR) is 118 cm³/mol. The van der Waals surface area contributed by atoms with Gasteiger partial charge >= 0.3 is 6.03 Å². The van der Waals surface area contributed by atoms with Gasteiger partial charge in [0, 0.05) is 36.7 Å². The number of urea groups is 1. The normalized spacial score (nSPS) is 16.2. The van der Waals surface area contributed by atoms with Gasteiger partial charge in [-0.15, -0.1) is 0 Å². The molecule has 0 radical (unpaired) electrons. The minimum atomic E-state index is -0.0865. The number of piperidine rings is 1. The standard InChI is InChI=1S/C23H30ClN3O2/c1-17(14-19-4-3-5-22(15-19)29-2)25-23(28)26-21-10-12-27(13-11-21)16-18-6-8-20(24)9-7-18/h3-9,15,17,21H,10-14,16H2,1-2H3,(H2,25,26,28). The summed E-state index contributed by atoms with van der Waals surface area (Å²) in [6.07, 6.45) is 2.70. The summed E-state index contributed by atoms with van der Waals surface area (Å²) in [4.78, 5) is 14.8. The lowest BCUT2D eigenvalue weighted by Crippen LogP contribution is -2.49. The lowest BCUT2D eigenvalue weighted by Gasteiger charge is -2.32. The third kappa shape index (κ3) is 6.94. The van der Waals surface area contributed by atoms with E-state index in [1.807, 2.05) is 37.3 Å². The SMILES string of the molecule is COc1cccc(CC(C)NC(=O)NC2CCN(Cc3ccc(Cl)cc3)CC2)c1. The first-order valence-corrected chi connectivity index (χ1v) is 10.6. The quantitative estimate of drug-likeness (QED) is 0.711. The molecule has 6 heteroatoms. The molecule has 3 rings (SSSR count). The summed E-state index contributed by atoms with van der Waals surface area (Å²) >= 11 is 5.95. The minimum Gasteiger partial charge on any atom is -0.497 e. The molecule has 1 atom stereocenters. The van der Waals surface area contributed by atoms with Gasteiger partial charge in [-0.25, -0.2) is 4.79 Å². The number of amides is 2. The van der Waals surface area contributed by atoms with Crippen LogP contribution in [0.3, 0.4) is 0 Å². The minimum absolute atomic E-state index is 0.0482. The van der Waals surface area contributed by atoms with Gasteiger partial charge in [-0.1, -0.05) is 35.9 Å². The molecule has 2 aromatic carbocycles. The van der Waals surface area contributed by atoms with Crippen LogP contribution in [-0.4, -0.2) is 43.2 Å².